The smallest absolute Gasteiger partial charge is 0.255 e. The third-order valence-corrected chi connectivity index (χ3v) is 4.37. The second kappa shape index (κ2) is 6.58. The molecule has 0 heterocycles. The van der Waals surface area contributed by atoms with Crippen LogP contribution in [0.15, 0.2) is 41.3 Å². The molecule has 0 radical (unpaired) electrons. The fourth-order valence-corrected chi connectivity index (χ4v) is 2.65. The highest BCUT2D eigenvalue weighted by Crippen LogP contribution is 2.27. The molecule has 24 heavy (non-hydrogen) atoms. The van der Waals surface area contributed by atoms with Crippen molar-refractivity contribution in [1.82, 2.24) is 0 Å². The largest absolute Gasteiger partial charge is 0.376 e. The van der Waals surface area contributed by atoms with Gasteiger partial charge in [-0.1, -0.05) is 6.07 Å². The van der Waals surface area contributed by atoms with Crippen molar-refractivity contribution >= 4 is 27.3 Å². The molecule has 0 aliphatic rings. The predicted octanol–water partition coefficient (Wildman–Crippen LogP) is 2.10. The molecule has 0 atom stereocenters. The fraction of sp³-hybridized carbons (Fsp3) is 0.188. The molecule has 0 fully saturated rings. The van der Waals surface area contributed by atoms with Gasteiger partial charge in [0.25, 0.3) is 5.91 Å². The first-order valence-corrected chi connectivity index (χ1v) is 8.56. The van der Waals surface area contributed by atoms with E-state index in [1.54, 1.807) is 25.9 Å². The Bertz CT molecular complexity index is 895. The van der Waals surface area contributed by atoms with Crippen LogP contribution in [0.5, 0.6) is 0 Å². The van der Waals surface area contributed by atoms with E-state index in [0.29, 0.717) is 11.3 Å². The van der Waals surface area contributed by atoms with E-state index in [4.69, 9.17) is 5.14 Å². The Balaban J connectivity index is 2.42. The summed E-state index contributed by atoms with van der Waals surface area (Å²) in [6, 6.07) is 8.28. The molecule has 8 heteroatoms. The van der Waals surface area contributed by atoms with Gasteiger partial charge in [-0.15, -0.1) is 0 Å². The summed E-state index contributed by atoms with van der Waals surface area (Å²) in [5, 5.41) is 7.73. The van der Waals surface area contributed by atoms with Gasteiger partial charge in [0.2, 0.25) is 10.0 Å². The quantitative estimate of drug-likeness (QED) is 0.882. The highest BCUT2D eigenvalue weighted by molar-refractivity contribution is 7.89. The van der Waals surface area contributed by atoms with Crippen LogP contribution in [0, 0.1) is 12.7 Å². The zero-order valence-corrected chi connectivity index (χ0v) is 14.3. The standard InChI is InChI=1S/C16H18FN3O3S/c1-10-4-5-11(8-13(10)17)16(21)19-14-9-12(24(18,22)23)6-7-15(14)20(2)3/h4-9H,1-3H3,(H,19,21)(H2,18,22,23). The Kier molecular flexibility index (Phi) is 4.91. The minimum Gasteiger partial charge on any atom is -0.376 e. The lowest BCUT2D eigenvalue weighted by Crippen LogP contribution is -2.19. The number of hydrogen-bond donors (Lipinski definition) is 2. The number of nitrogens with one attached hydrogen (secondary N) is 1. The van der Waals surface area contributed by atoms with Gasteiger partial charge in [0.15, 0.2) is 0 Å². The molecule has 0 unspecified atom stereocenters. The number of carbonyl (C=O) groups excluding carboxylic acids is 1. The number of primary sulfonamides is 1. The third-order valence-electron chi connectivity index (χ3n) is 3.46. The summed E-state index contributed by atoms with van der Waals surface area (Å²) in [5.74, 6) is -1.04. The van der Waals surface area contributed by atoms with Crippen LogP contribution in [0.4, 0.5) is 15.8 Å². The zero-order valence-electron chi connectivity index (χ0n) is 13.5. The SMILES string of the molecule is Cc1ccc(C(=O)Nc2cc(S(N)(=O)=O)ccc2N(C)C)cc1F. The molecule has 0 aliphatic heterocycles. The lowest BCUT2D eigenvalue weighted by molar-refractivity contribution is 0.102. The van der Waals surface area contributed by atoms with Gasteiger partial charge >= 0.3 is 0 Å². The maximum Gasteiger partial charge on any atom is 0.255 e. The normalized spacial score (nSPS) is 11.2. The first-order valence-electron chi connectivity index (χ1n) is 7.01. The molecule has 1 amide bonds. The van der Waals surface area contributed by atoms with Gasteiger partial charge in [-0.3, -0.25) is 4.79 Å². The average molecular weight is 351 g/mol. The van der Waals surface area contributed by atoms with E-state index in [2.05, 4.69) is 5.32 Å². The number of aryl methyl sites for hydroxylation is 1. The summed E-state index contributed by atoms with van der Waals surface area (Å²) in [4.78, 5) is 13.9. The molecule has 128 valence electrons. The topological polar surface area (TPSA) is 92.5 Å². The van der Waals surface area contributed by atoms with Crippen molar-refractivity contribution in [3.63, 3.8) is 0 Å². The van der Waals surface area contributed by atoms with Crippen molar-refractivity contribution in [1.29, 1.82) is 0 Å². The number of carbonyl (C=O) groups is 1. The monoisotopic (exact) mass is 351 g/mol. The van der Waals surface area contributed by atoms with Gasteiger partial charge in [0, 0.05) is 19.7 Å². The van der Waals surface area contributed by atoms with Crippen LogP contribution in [0.2, 0.25) is 0 Å². The van der Waals surface area contributed by atoms with E-state index < -0.39 is 21.7 Å². The summed E-state index contributed by atoms with van der Waals surface area (Å²) in [5.41, 5.74) is 1.40. The summed E-state index contributed by atoms with van der Waals surface area (Å²) in [6.45, 7) is 1.59. The number of halogens is 1. The van der Waals surface area contributed by atoms with Crippen LogP contribution < -0.4 is 15.4 Å². The zero-order chi connectivity index (χ0) is 18.1. The van der Waals surface area contributed by atoms with Crippen LogP contribution in [0.25, 0.3) is 0 Å². The van der Waals surface area contributed by atoms with Crippen LogP contribution >= 0.6 is 0 Å². The maximum atomic E-state index is 13.6. The van der Waals surface area contributed by atoms with E-state index in [-0.39, 0.29) is 16.1 Å². The third kappa shape index (κ3) is 3.90. The summed E-state index contributed by atoms with van der Waals surface area (Å²) in [7, 11) is -0.424. The molecule has 0 saturated carbocycles. The predicted molar refractivity (Wildman–Crippen MR) is 91.2 cm³/mol. The number of anilines is 2. The summed E-state index contributed by atoms with van der Waals surface area (Å²) >= 11 is 0. The van der Waals surface area contributed by atoms with Crippen LogP contribution in [-0.2, 0) is 10.0 Å². The van der Waals surface area contributed by atoms with Crippen molar-refractivity contribution < 1.29 is 17.6 Å². The van der Waals surface area contributed by atoms with Crippen LogP contribution in [0.1, 0.15) is 15.9 Å². The van der Waals surface area contributed by atoms with Gasteiger partial charge in [-0.05, 0) is 42.8 Å². The Morgan fingerprint density at radius 2 is 1.83 bits per heavy atom. The second-order valence-electron chi connectivity index (χ2n) is 5.54. The van der Waals surface area contributed by atoms with Crippen molar-refractivity contribution in [3.8, 4) is 0 Å². The lowest BCUT2D eigenvalue weighted by Gasteiger charge is -2.19. The van der Waals surface area contributed by atoms with Crippen LogP contribution in [-0.4, -0.2) is 28.4 Å². The molecule has 0 spiro atoms. The molecular weight excluding hydrogens is 333 g/mol. The van der Waals surface area contributed by atoms with Crippen molar-refractivity contribution in [2.75, 3.05) is 24.3 Å². The highest BCUT2D eigenvalue weighted by atomic mass is 32.2. The number of benzene rings is 2. The second-order valence-corrected chi connectivity index (χ2v) is 7.10. The van der Waals surface area contributed by atoms with Gasteiger partial charge in [0.05, 0.1) is 16.3 Å². The fourth-order valence-electron chi connectivity index (χ4n) is 2.11. The average Bonchev–Trinajstić information content (AvgIpc) is 2.48. The molecule has 2 aromatic rings. The number of hydrogen-bond acceptors (Lipinski definition) is 4. The maximum absolute atomic E-state index is 13.6. The van der Waals surface area contributed by atoms with E-state index in [9.17, 15) is 17.6 Å². The van der Waals surface area contributed by atoms with Crippen molar-refractivity contribution in [2.24, 2.45) is 5.14 Å². The Morgan fingerprint density at radius 1 is 1.17 bits per heavy atom. The molecule has 0 saturated heterocycles. The van der Waals surface area contributed by atoms with Gasteiger partial charge in [0.1, 0.15) is 5.82 Å². The number of rotatable bonds is 4. The van der Waals surface area contributed by atoms with Crippen molar-refractivity contribution in [3.05, 3.63) is 53.3 Å². The van der Waals surface area contributed by atoms with Gasteiger partial charge in [-0.25, -0.2) is 17.9 Å². The highest BCUT2D eigenvalue weighted by Gasteiger charge is 2.16. The first kappa shape index (κ1) is 17.9. The number of nitrogens with zero attached hydrogens (tertiary/aromatic N) is 1. The Hall–Kier alpha value is -2.45. The molecule has 0 aromatic heterocycles. The molecule has 2 aromatic carbocycles. The van der Waals surface area contributed by atoms with E-state index in [0.717, 1.165) is 6.07 Å². The van der Waals surface area contributed by atoms with E-state index in [1.165, 1.54) is 30.3 Å². The van der Waals surface area contributed by atoms with Gasteiger partial charge in [-0.2, -0.15) is 0 Å². The lowest BCUT2D eigenvalue weighted by atomic mass is 10.1. The minimum atomic E-state index is -3.91. The molecule has 2 rings (SSSR count). The molecule has 0 aliphatic carbocycles. The summed E-state index contributed by atoms with van der Waals surface area (Å²) < 4.78 is 36.6. The number of nitrogens with two attached hydrogens (primary N) is 1. The molecule has 6 nitrogen and oxygen atoms in total. The van der Waals surface area contributed by atoms with E-state index >= 15 is 0 Å². The molecule has 3 N–H and O–H groups in total. The molecular formula is C16H18FN3O3S. The Labute approximate surface area is 140 Å². The number of sulfonamides is 1. The van der Waals surface area contributed by atoms with Crippen LogP contribution in [0.3, 0.4) is 0 Å². The Morgan fingerprint density at radius 3 is 2.38 bits per heavy atom. The number of amides is 1. The first-order chi connectivity index (χ1) is 11.1. The van der Waals surface area contributed by atoms with Crippen molar-refractivity contribution in [2.45, 2.75) is 11.8 Å². The van der Waals surface area contributed by atoms with Gasteiger partial charge < -0.3 is 10.2 Å². The molecule has 0 bridgehead atoms. The minimum absolute atomic E-state index is 0.126. The van der Waals surface area contributed by atoms with E-state index in [1.807, 2.05) is 0 Å². The summed E-state index contributed by atoms with van der Waals surface area (Å²) in [6.07, 6.45) is 0.